The SMILES string of the molecule is N#Cc1ccc(C(=O)O/N=C(\Cn2ccnc2)c2ccc(Cl)cc2Cl)cc1. The summed E-state index contributed by atoms with van der Waals surface area (Å²) in [5, 5.41) is 13.7. The second-order valence-electron chi connectivity index (χ2n) is 5.47. The van der Waals surface area contributed by atoms with Crippen molar-refractivity contribution in [2.45, 2.75) is 6.54 Å². The van der Waals surface area contributed by atoms with Gasteiger partial charge in [-0.15, -0.1) is 0 Å². The topological polar surface area (TPSA) is 80.3 Å². The van der Waals surface area contributed by atoms with E-state index in [1.165, 1.54) is 24.3 Å². The summed E-state index contributed by atoms with van der Waals surface area (Å²) in [6.07, 6.45) is 4.99. The van der Waals surface area contributed by atoms with Crippen LogP contribution in [0.5, 0.6) is 0 Å². The van der Waals surface area contributed by atoms with Crippen molar-refractivity contribution >= 4 is 34.9 Å². The Balaban J connectivity index is 1.87. The van der Waals surface area contributed by atoms with Crippen molar-refractivity contribution in [3.63, 3.8) is 0 Å². The number of carbonyl (C=O) groups is 1. The van der Waals surface area contributed by atoms with Crippen molar-refractivity contribution in [2.75, 3.05) is 0 Å². The first kappa shape index (κ1) is 18.6. The molecule has 0 saturated heterocycles. The smallest absolute Gasteiger partial charge is 0.331 e. The Morgan fingerprint density at radius 3 is 2.63 bits per heavy atom. The molecule has 0 amide bonds. The second-order valence-corrected chi connectivity index (χ2v) is 6.31. The summed E-state index contributed by atoms with van der Waals surface area (Å²) in [6, 6.07) is 13.0. The normalized spacial score (nSPS) is 11.1. The predicted octanol–water partition coefficient (Wildman–Crippen LogP) is 4.32. The predicted molar refractivity (Wildman–Crippen MR) is 102 cm³/mol. The van der Waals surface area contributed by atoms with E-state index in [9.17, 15) is 4.79 Å². The Kier molecular flexibility index (Phi) is 5.87. The van der Waals surface area contributed by atoms with E-state index < -0.39 is 5.97 Å². The molecule has 134 valence electrons. The molecule has 27 heavy (non-hydrogen) atoms. The van der Waals surface area contributed by atoms with Crippen LogP contribution in [0, 0.1) is 11.3 Å². The van der Waals surface area contributed by atoms with Crippen LogP contribution in [0.15, 0.2) is 66.3 Å². The van der Waals surface area contributed by atoms with Crippen molar-refractivity contribution in [1.82, 2.24) is 9.55 Å². The second kappa shape index (κ2) is 8.49. The molecule has 0 N–H and O–H groups in total. The number of benzene rings is 2. The Hall–Kier alpha value is -3.14. The summed E-state index contributed by atoms with van der Waals surface area (Å²) in [5.74, 6) is -0.646. The Morgan fingerprint density at radius 1 is 1.22 bits per heavy atom. The Labute approximate surface area is 165 Å². The third-order valence-electron chi connectivity index (χ3n) is 3.62. The molecule has 0 aliphatic carbocycles. The highest BCUT2D eigenvalue weighted by Crippen LogP contribution is 2.22. The summed E-state index contributed by atoms with van der Waals surface area (Å²) < 4.78 is 1.76. The number of nitrogens with zero attached hydrogens (tertiary/aromatic N) is 4. The van der Waals surface area contributed by atoms with Crippen LogP contribution in [-0.2, 0) is 11.4 Å². The summed E-state index contributed by atoms with van der Waals surface area (Å²) in [6.45, 7) is 0.294. The number of rotatable bonds is 5. The summed E-state index contributed by atoms with van der Waals surface area (Å²) in [7, 11) is 0. The van der Waals surface area contributed by atoms with Gasteiger partial charge in [-0.3, -0.25) is 0 Å². The largest absolute Gasteiger partial charge is 0.365 e. The van der Waals surface area contributed by atoms with Crippen molar-refractivity contribution in [2.24, 2.45) is 5.16 Å². The minimum atomic E-state index is -0.646. The van der Waals surface area contributed by atoms with E-state index in [2.05, 4.69) is 10.1 Å². The third-order valence-corrected chi connectivity index (χ3v) is 4.17. The van der Waals surface area contributed by atoms with Crippen molar-refractivity contribution < 1.29 is 9.63 Å². The molecule has 3 aromatic rings. The van der Waals surface area contributed by atoms with E-state index in [0.717, 1.165) is 0 Å². The lowest BCUT2D eigenvalue weighted by Gasteiger charge is -2.09. The highest BCUT2D eigenvalue weighted by atomic mass is 35.5. The number of halogens is 2. The summed E-state index contributed by atoms with van der Waals surface area (Å²) in [4.78, 5) is 21.3. The van der Waals surface area contributed by atoms with E-state index in [-0.39, 0.29) is 5.56 Å². The van der Waals surface area contributed by atoms with Gasteiger partial charge in [0.1, 0.15) is 5.71 Å². The zero-order chi connectivity index (χ0) is 19.2. The molecule has 1 heterocycles. The first-order valence-electron chi connectivity index (χ1n) is 7.76. The van der Waals surface area contributed by atoms with Crippen LogP contribution in [0.3, 0.4) is 0 Å². The number of aromatic nitrogens is 2. The molecular formula is C19H12Cl2N4O2. The molecule has 0 fully saturated rings. The van der Waals surface area contributed by atoms with Crippen LogP contribution >= 0.6 is 23.2 Å². The Morgan fingerprint density at radius 2 is 2.00 bits per heavy atom. The first-order valence-corrected chi connectivity index (χ1v) is 8.52. The molecule has 0 saturated carbocycles. The van der Waals surface area contributed by atoms with Gasteiger partial charge in [0.25, 0.3) is 0 Å². The van der Waals surface area contributed by atoms with Gasteiger partial charge >= 0.3 is 5.97 Å². The van der Waals surface area contributed by atoms with Gasteiger partial charge in [-0.25, -0.2) is 9.78 Å². The van der Waals surface area contributed by atoms with Crippen molar-refractivity contribution in [1.29, 1.82) is 5.26 Å². The number of imidazole rings is 1. The number of hydrogen-bond acceptors (Lipinski definition) is 5. The number of oxime groups is 1. The lowest BCUT2D eigenvalue weighted by atomic mass is 10.1. The molecule has 0 radical (unpaired) electrons. The number of carbonyl (C=O) groups excluding carboxylic acids is 1. The fourth-order valence-electron chi connectivity index (χ4n) is 2.27. The lowest BCUT2D eigenvalue weighted by molar-refractivity contribution is 0.0515. The molecule has 0 bridgehead atoms. The molecule has 0 spiro atoms. The van der Waals surface area contributed by atoms with Gasteiger partial charge in [-0.1, -0.05) is 28.4 Å². The van der Waals surface area contributed by atoms with Crippen molar-refractivity contribution in [3.8, 4) is 6.07 Å². The van der Waals surface area contributed by atoms with Crippen LogP contribution < -0.4 is 0 Å². The zero-order valence-corrected chi connectivity index (χ0v) is 15.4. The quantitative estimate of drug-likeness (QED) is 0.364. The average molecular weight is 399 g/mol. The van der Waals surface area contributed by atoms with Gasteiger partial charge in [-0.05, 0) is 42.5 Å². The van der Waals surface area contributed by atoms with E-state index in [1.54, 1.807) is 41.5 Å². The average Bonchev–Trinajstić information content (AvgIpc) is 3.18. The summed E-state index contributed by atoms with van der Waals surface area (Å²) >= 11 is 12.2. The van der Waals surface area contributed by atoms with Gasteiger partial charge in [0.2, 0.25) is 0 Å². The molecule has 2 aromatic carbocycles. The standard InChI is InChI=1S/C19H12Cl2N4O2/c20-15-5-6-16(17(21)9-15)18(11-25-8-7-23-12-25)24-27-19(26)14-3-1-13(10-22)2-4-14/h1-9,12H,11H2/b24-18+. The van der Waals surface area contributed by atoms with E-state index in [1.807, 2.05) is 6.07 Å². The van der Waals surface area contributed by atoms with Gasteiger partial charge < -0.3 is 9.40 Å². The molecule has 0 unspecified atom stereocenters. The lowest BCUT2D eigenvalue weighted by Crippen LogP contribution is -2.13. The van der Waals surface area contributed by atoms with Crippen molar-refractivity contribution in [3.05, 3.63) is 87.9 Å². The Bertz CT molecular complexity index is 1020. The molecule has 1 aromatic heterocycles. The fraction of sp³-hybridized carbons (Fsp3) is 0.0526. The maximum atomic E-state index is 12.2. The van der Waals surface area contributed by atoms with Gasteiger partial charge in [-0.2, -0.15) is 5.26 Å². The molecule has 8 heteroatoms. The third kappa shape index (κ3) is 4.73. The van der Waals surface area contributed by atoms with Crippen LogP contribution in [-0.4, -0.2) is 21.2 Å². The van der Waals surface area contributed by atoms with Crippen LogP contribution in [0.1, 0.15) is 21.5 Å². The van der Waals surface area contributed by atoms with E-state index >= 15 is 0 Å². The minimum Gasteiger partial charge on any atom is -0.331 e. The zero-order valence-electron chi connectivity index (χ0n) is 13.8. The number of nitriles is 1. The van der Waals surface area contributed by atoms with Crippen LogP contribution in [0.4, 0.5) is 0 Å². The maximum absolute atomic E-state index is 12.2. The minimum absolute atomic E-state index is 0.280. The van der Waals surface area contributed by atoms with E-state index in [0.29, 0.717) is 33.4 Å². The summed E-state index contributed by atoms with van der Waals surface area (Å²) in [5.41, 5.74) is 1.74. The first-order chi connectivity index (χ1) is 13.1. The number of hydrogen-bond donors (Lipinski definition) is 0. The van der Waals surface area contributed by atoms with Gasteiger partial charge in [0.05, 0.1) is 35.1 Å². The van der Waals surface area contributed by atoms with E-state index in [4.69, 9.17) is 33.3 Å². The molecule has 0 aliphatic rings. The maximum Gasteiger partial charge on any atom is 0.365 e. The highest BCUT2D eigenvalue weighted by Gasteiger charge is 2.13. The van der Waals surface area contributed by atoms with Gasteiger partial charge in [0, 0.05) is 23.0 Å². The molecule has 0 atom stereocenters. The monoisotopic (exact) mass is 398 g/mol. The molecule has 3 rings (SSSR count). The highest BCUT2D eigenvalue weighted by molar-refractivity contribution is 6.37. The van der Waals surface area contributed by atoms with Crippen LogP contribution in [0.25, 0.3) is 0 Å². The van der Waals surface area contributed by atoms with Crippen LogP contribution in [0.2, 0.25) is 10.0 Å². The molecular weight excluding hydrogens is 387 g/mol. The fourth-order valence-corrected chi connectivity index (χ4v) is 2.79. The molecule has 6 nitrogen and oxygen atoms in total. The van der Waals surface area contributed by atoms with Gasteiger partial charge in [0.15, 0.2) is 0 Å². The molecule has 0 aliphatic heterocycles.